The van der Waals surface area contributed by atoms with Crippen LogP contribution in [0.1, 0.15) is 12.6 Å². The number of fused-ring (bicyclic) bond motifs is 1. The molecule has 0 bridgehead atoms. The number of aryl methyl sites for hydroxylation is 1. The van der Waals surface area contributed by atoms with Crippen molar-refractivity contribution in [3.05, 3.63) is 50.4 Å². The average Bonchev–Trinajstić information content (AvgIpc) is 2.62. The number of aromatic nitrogens is 1. The molecule has 0 aliphatic carbocycles. The second-order valence-electron chi connectivity index (χ2n) is 5.28. The maximum absolute atomic E-state index is 12.5. The highest BCUT2D eigenvalue weighted by molar-refractivity contribution is 6.41. The summed E-state index contributed by atoms with van der Waals surface area (Å²) in [5.41, 5.74) is 1.29. The number of methoxy groups -OCH3 is 2. The van der Waals surface area contributed by atoms with Gasteiger partial charge in [-0.15, -0.1) is 0 Å². The van der Waals surface area contributed by atoms with Crippen molar-refractivity contribution in [3.63, 3.8) is 0 Å². The molecule has 0 spiro atoms. The van der Waals surface area contributed by atoms with Crippen molar-refractivity contribution in [1.29, 1.82) is 0 Å². The van der Waals surface area contributed by atoms with E-state index in [1.165, 1.54) is 26.5 Å². The number of hydrogen-bond donors (Lipinski definition) is 0. The Morgan fingerprint density at radius 2 is 1.72 bits per heavy atom. The SMILES string of the molecule is CCc1cc2c(=O)cc(-c3c(Cl)c(OC)cc(OC)c3Cl)oc2cn1. The van der Waals surface area contributed by atoms with E-state index in [9.17, 15) is 4.79 Å². The molecule has 0 atom stereocenters. The summed E-state index contributed by atoms with van der Waals surface area (Å²) in [6.45, 7) is 1.96. The Labute approximate surface area is 154 Å². The molecule has 3 rings (SSSR count). The Bertz CT molecular complexity index is 986. The van der Waals surface area contributed by atoms with Gasteiger partial charge in [-0.05, 0) is 12.5 Å². The standard InChI is InChI=1S/C18H15Cl2NO4/c1-4-9-5-10-11(22)6-12(25-15(10)8-21-9)16-17(19)13(23-2)7-14(24-3)18(16)20/h5-8H,4H2,1-3H3. The first-order valence-electron chi connectivity index (χ1n) is 7.53. The number of ether oxygens (including phenoxy) is 2. The van der Waals surface area contributed by atoms with Gasteiger partial charge in [0.2, 0.25) is 0 Å². The highest BCUT2D eigenvalue weighted by Crippen LogP contribution is 2.45. The van der Waals surface area contributed by atoms with Crippen molar-refractivity contribution in [2.75, 3.05) is 14.2 Å². The van der Waals surface area contributed by atoms with Crippen molar-refractivity contribution < 1.29 is 13.9 Å². The van der Waals surface area contributed by atoms with Crippen LogP contribution in [0.15, 0.2) is 33.6 Å². The van der Waals surface area contributed by atoms with Crippen LogP contribution in [-0.4, -0.2) is 19.2 Å². The first-order chi connectivity index (χ1) is 12.0. The second kappa shape index (κ2) is 6.94. The zero-order valence-corrected chi connectivity index (χ0v) is 15.4. The van der Waals surface area contributed by atoms with Crippen molar-refractivity contribution in [2.24, 2.45) is 0 Å². The van der Waals surface area contributed by atoms with Crippen LogP contribution >= 0.6 is 23.2 Å². The predicted molar refractivity (Wildman–Crippen MR) is 98.2 cm³/mol. The molecule has 0 amide bonds. The quantitative estimate of drug-likeness (QED) is 0.654. The molecule has 1 aromatic carbocycles. The van der Waals surface area contributed by atoms with E-state index in [1.54, 1.807) is 12.1 Å². The fraction of sp³-hybridized carbons (Fsp3) is 0.222. The number of benzene rings is 1. The molecule has 0 aliphatic heterocycles. The molecule has 2 heterocycles. The lowest BCUT2D eigenvalue weighted by molar-refractivity contribution is 0.394. The van der Waals surface area contributed by atoms with Gasteiger partial charge < -0.3 is 13.9 Å². The lowest BCUT2D eigenvalue weighted by Crippen LogP contribution is -2.03. The Morgan fingerprint density at radius 1 is 1.08 bits per heavy atom. The molecule has 2 aromatic heterocycles. The van der Waals surface area contributed by atoms with E-state index in [4.69, 9.17) is 37.1 Å². The molecule has 25 heavy (non-hydrogen) atoms. The van der Waals surface area contributed by atoms with Gasteiger partial charge in [0.25, 0.3) is 0 Å². The smallest absolute Gasteiger partial charge is 0.193 e. The van der Waals surface area contributed by atoms with Crippen molar-refractivity contribution in [2.45, 2.75) is 13.3 Å². The van der Waals surface area contributed by atoms with Crippen LogP contribution in [-0.2, 0) is 6.42 Å². The molecular weight excluding hydrogens is 365 g/mol. The third kappa shape index (κ3) is 3.05. The molecule has 0 saturated carbocycles. The molecule has 0 aliphatic rings. The molecule has 3 aromatic rings. The highest BCUT2D eigenvalue weighted by atomic mass is 35.5. The summed E-state index contributed by atoms with van der Waals surface area (Å²) in [6, 6.07) is 4.65. The fourth-order valence-electron chi connectivity index (χ4n) is 2.52. The molecule has 130 valence electrons. The first-order valence-corrected chi connectivity index (χ1v) is 8.28. The topological polar surface area (TPSA) is 61.6 Å². The van der Waals surface area contributed by atoms with Gasteiger partial charge in [-0.25, -0.2) is 0 Å². The first kappa shape index (κ1) is 17.6. The average molecular weight is 380 g/mol. The van der Waals surface area contributed by atoms with Crippen LogP contribution in [0.25, 0.3) is 22.3 Å². The number of rotatable bonds is 4. The maximum Gasteiger partial charge on any atom is 0.193 e. The zero-order chi connectivity index (χ0) is 18.1. The van der Waals surface area contributed by atoms with Crippen LogP contribution in [0.3, 0.4) is 0 Å². The summed E-state index contributed by atoms with van der Waals surface area (Å²) in [6.07, 6.45) is 2.25. The van der Waals surface area contributed by atoms with E-state index >= 15 is 0 Å². The van der Waals surface area contributed by atoms with E-state index in [2.05, 4.69) is 4.98 Å². The van der Waals surface area contributed by atoms with Crippen LogP contribution in [0, 0.1) is 0 Å². The molecule has 5 nitrogen and oxygen atoms in total. The van der Waals surface area contributed by atoms with Crippen LogP contribution in [0.2, 0.25) is 10.0 Å². The second-order valence-corrected chi connectivity index (χ2v) is 6.04. The molecule has 0 unspecified atom stereocenters. The van der Waals surface area contributed by atoms with Gasteiger partial charge in [0, 0.05) is 17.8 Å². The van der Waals surface area contributed by atoms with Crippen molar-refractivity contribution in [1.82, 2.24) is 4.98 Å². The number of pyridine rings is 1. The highest BCUT2D eigenvalue weighted by Gasteiger charge is 2.21. The molecule has 0 N–H and O–H groups in total. The summed E-state index contributed by atoms with van der Waals surface area (Å²) >= 11 is 12.8. The van der Waals surface area contributed by atoms with E-state index in [0.717, 1.165) is 12.1 Å². The number of nitrogens with zero attached hydrogens (tertiary/aromatic N) is 1. The lowest BCUT2D eigenvalue weighted by atomic mass is 10.1. The van der Waals surface area contributed by atoms with Crippen LogP contribution in [0.4, 0.5) is 0 Å². The fourth-order valence-corrected chi connectivity index (χ4v) is 3.21. The third-order valence-electron chi connectivity index (χ3n) is 3.85. The maximum atomic E-state index is 12.5. The Kier molecular flexibility index (Phi) is 4.88. The number of hydrogen-bond acceptors (Lipinski definition) is 5. The molecule has 0 saturated heterocycles. The largest absolute Gasteiger partial charge is 0.495 e. The van der Waals surface area contributed by atoms with Gasteiger partial charge in [0.05, 0.1) is 41.4 Å². The molecule has 0 radical (unpaired) electrons. The van der Waals surface area contributed by atoms with Gasteiger partial charge >= 0.3 is 0 Å². The van der Waals surface area contributed by atoms with E-state index < -0.39 is 0 Å². The zero-order valence-electron chi connectivity index (χ0n) is 13.9. The van der Waals surface area contributed by atoms with E-state index in [0.29, 0.717) is 28.0 Å². The Morgan fingerprint density at radius 3 is 2.28 bits per heavy atom. The monoisotopic (exact) mass is 379 g/mol. The minimum Gasteiger partial charge on any atom is -0.495 e. The lowest BCUT2D eigenvalue weighted by Gasteiger charge is -2.14. The minimum absolute atomic E-state index is 0.206. The molecule has 0 fully saturated rings. The van der Waals surface area contributed by atoms with Gasteiger partial charge in [0.15, 0.2) is 11.0 Å². The van der Waals surface area contributed by atoms with E-state index in [-0.39, 0.29) is 21.2 Å². The molecule has 7 heteroatoms. The summed E-state index contributed by atoms with van der Waals surface area (Å²) in [4.78, 5) is 16.8. The van der Waals surface area contributed by atoms with E-state index in [1.807, 2.05) is 6.92 Å². The summed E-state index contributed by atoms with van der Waals surface area (Å²) < 4.78 is 16.3. The van der Waals surface area contributed by atoms with Gasteiger partial charge in [0.1, 0.15) is 17.3 Å². The third-order valence-corrected chi connectivity index (χ3v) is 4.60. The normalized spacial score (nSPS) is 10.9. The van der Waals surface area contributed by atoms with Gasteiger partial charge in [-0.3, -0.25) is 9.78 Å². The van der Waals surface area contributed by atoms with Gasteiger partial charge in [-0.2, -0.15) is 0 Å². The summed E-state index contributed by atoms with van der Waals surface area (Å²) in [5, 5.41) is 0.917. The summed E-state index contributed by atoms with van der Waals surface area (Å²) in [5.74, 6) is 0.941. The Hall–Kier alpha value is -2.24. The van der Waals surface area contributed by atoms with Crippen LogP contribution in [0.5, 0.6) is 11.5 Å². The van der Waals surface area contributed by atoms with Crippen molar-refractivity contribution in [3.8, 4) is 22.8 Å². The predicted octanol–water partition coefficient (Wildman–Crippen LogP) is 4.74. The molecular formula is C18H15Cl2NO4. The van der Waals surface area contributed by atoms with Crippen LogP contribution < -0.4 is 14.9 Å². The summed E-state index contributed by atoms with van der Waals surface area (Å²) in [7, 11) is 2.95. The van der Waals surface area contributed by atoms with Crippen molar-refractivity contribution >= 4 is 34.2 Å². The number of halogens is 2. The van der Waals surface area contributed by atoms with Gasteiger partial charge in [-0.1, -0.05) is 30.1 Å². The Balaban J connectivity index is 2.32. The minimum atomic E-state index is -0.206.